The van der Waals surface area contributed by atoms with Crippen LogP contribution in [0.15, 0.2) is 339 Å². The zero-order valence-corrected chi connectivity index (χ0v) is 56.7. The predicted molar refractivity (Wildman–Crippen MR) is 434 cm³/mol. The van der Waals surface area contributed by atoms with E-state index < -0.39 is 114 Å². The van der Waals surface area contributed by atoms with Crippen molar-refractivity contribution in [1.29, 1.82) is 0 Å². The molecule has 20 rings (SSSR count). The van der Waals surface area contributed by atoms with Crippen molar-refractivity contribution < 1.29 is 29.4 Å². The van der Waals surface area contributed by atoms with E-state index in [0.29, 0.717) is 44.5 Å². The van der Waals surface area contributed by atoms with E-state index in [2.05, 4.69) is 148 Å². The molecule has 0 unspecified atom stereocenters. The maximum absolute atomic E-state index is 11.8. The van der Waals surface area contributed by atoms with Crippen LogP contribution < -0.4 is 30.9 Å². The Morgan fingerprint density at radius 2 is 0.825 bits per heavy atom. The molecule has 2 aromatic heterocycles. The molecule has 6 heteroatoms. The largest absolute Gasteiger partial charge is 0.458 e. The molecule has 0 fully saturated rings. The van der Waals surface area contributed by atoms with Crippen molar-refractivity contribution in [1.82, 2.24) is 9.13 Å². The van der Waals surface area contributed by atoms with Crippen LogP contribution in [0, 0.1) is 0 Å². The monoisotopic (exact) mass is 1340 g/mol. The molecule has 3 aliphatic heterocycles. The van der Waals surface area contributed by atoms with Gasteiger partial charge in [-0.05, 0) is 192 Å². The van der Waals surface area contributed by atoms with Gasteiger partial charge in [0.1, 0.15) is 11.5 Å². The highest BCUT2D eigenvalue weighted by Gasteiger charge is 2.45. The smallest absolute Gasteiger partial charge is 0.256 e. The van der Waals surface area contributed by atoms with Crippen molar-refractivity contribution in [2.45, 2.75) is 45.4 Å². The molecular weight excluding hydrogens is 1250 g/mol. The Bertz CT molecular complexity index is 7190. The first-order chi connectivity index (χ1) is 58.0. The van der Waals surface area contributed by atoms with Gasteiger partial charge in [0, 0.05) is 72.6 Å². The summed E-state index contributed by atoms with van der Waals surface area (Å²) in [5.41, 5.74) is 14.0. The van der Waals surface area contributed by atoms with Gasteiger partial charge in [0.2, 0.25) is 0 Å². The summed E-state index contributed by atoms with van der Waals surface area (Å²) in [6.45, 7) is 9.78. The summed E-state index contributed by atoms with van der Waals surface area (Å²) in [4.78, 5) is 4.29. The van der Waals surface area contributed by atoms with E-state index in [1.165, 1.54) is 9.13 Å². The zero-order valence-electron chi connectivity index (χ0n) is 74.7. The van der Waals surface area contributed by atoms with Crippen LogP contribution in [0.1, 0.15) is 76.0 Å². The lowest BCUT2D eigenvalue weighted by molar-refractivity contribution is 0.487. The first-order valence-electron chi connectivity index (χ1n) is 43.5. The first kappa shape index (κ1) is 44.5. The number of hydrogen-bond acceptors (Lipinski definition) is 3. The van der Waals surface area contributed by atoms with Crippen LogP contribution in [-0.2, 0) is 10.8 Å². The second-order valence-corrected chi connectivity index (χ2v) is 28.2. The Kier molecular flexibility index (Phi) is 10.0. The highest BCUT2D eigenvalue weighted by Crippen LogP contribution is 2.56. The third kappa shape index (κ3) is 9.54. The van der Waals surface area contributed by atoms with E-state index in [1.807, 2.05) is 103 Å². The molecule has 0 N–H and O–H groups in total. The van der Waals surface area contributed by atoms with Crippen LogP contribution in [0.3, 0.4) is 0 Å². The summed E-state index contributed by atoms with van der Waals surface area (Å²) in [5.74, 6) is 0.149. The molecule has 3 aliphatic rings. The second-order valence-electron chi connectivity index (χ2n) is 28.2. The number of rotatable bonds is 9. The number of anilines is 6. The van der Waals surface area contributed by atoms with Gasteiger partial charge in [0.25, 0.3) is 6.71 Å². The van der Waals surface area contributed by atoms with E-state index >= 15 is 0 Å². The maximum Gasteiger partial charge on any atom is 0.256 e. The number of fused-ring (bicyclic) bond motifs is 12. The van der Waals surface area contributed by atoms with E-state index in [4.69, 9.17) is 13.0 Å². The van der Waals surface area contributed by atoms with Crippen LogP contribution in [0.25, 0.3) is 111 Å². The number of ether oxygens (including phenoxy) is 1. The van der Waals surface area contributed by atoms with Crippen molar-refractivity contribution >= 4 is 101 Å². The fourth-order valence-electron chi connectivity index (χ4n) is 16.0. The quantitative estimate of drug-likeness (QED) is 0.135. The third-order valence-corrected chi connectivity index (χ3v) is 21.0. The van der Waals surface area contributed by atoms with Gasteiger partial charge in [-0.3, -0.25) is 0 Å². The minimum absolute atomic E-state index is 0.0237. The SMILES string of the molecule is [2H]c1c2c3c(c([2H])c1-c1ccc4c(c1)C(C)(C)c1ccccc1N4c1ccccc1)N(c1c(-c4cccc(-c5ccccc5)c4)cc(C(C)(C)C)cc1-c1cccc(-c4ccccc4)c1)c1cc(-n4c5c([2H])c([2H])c([2H])c([2H])c5c5c([2H])c([2H])c([2H])c([2H])c54)ccc1B3c1ccc(-n3c4c([2H])c([2H])c([2H])c([2H])c4c4c([2H])c([2H])c([2H])c([2H])c43)cc1O2. The molecule has 15 aromatic carbocycles. The average molecular weight is 1340 g/mol. The molecule has 17 aromatic rings. The lowest BCUT2D eigenvalue weighted by Gasteiger charge is -2.43. The number of para-hydroxylation sites is 6. The molecule has 0 aliphatic carbocycles. The number of benzene rings is 15. The lowest BCUT2D eigenvalue weighted by atomic mass is 9.34. The molecule has 0 saturated carbocycles. The van der Waals surface area contributed by atoms with Crippen LogP contribution in [0.5, 0.6) is 11.5 Å². The van der Waals surface area contributed by atoms with Gasteiger partial charge in [0.15, 0.2) is 0 Å². The zero-order chi connectivity index (χ0) is 84.5. The first-order valence-corrected chi connectivity index (χ1v) is 34.5. The van der Waals surface area contributed by atoms with Crippen molar-refractivity contribution in [3.8, 4) is 78.5 Å². The van der Waals surface area contributed by atoms with Crippen LogP contribution in [0.4, 0.5) is 34.1 Å². The number of nitrogens with zero attached hydrogens (tertiary/aromatic N) is 4. The molecule has 0 bridgehead atoms. The van der Waals surface area contributed by atoms with Crippen molar-refractivity contribution in [2.75, 3.05) is 9.80 Å². The maximum atomic E-state index is 11.8. The van der Waals surface area contributed by atoms with E-state index in [0.717, 1.165) is 67.1 Å². The van der Waals surface area contributed by atoms with Gasteiger partial charge in [-0.1, -0.05) is 259 Å². The number of hydrogen-bond donors (Lipinski definition) is 0. The predicted octanol–water partition coefficient (Wildman–Crippen LogP) is 24.0. The summed E-state index contributed by atoms with van der Waals surface area (Å²) in [6.07, 6.45) is 0. The van der Waals surface area contributed by atoms with Gasteiger partial charge < -0.3 is 23.7 Å². The summed E-state index contributed by atoms with van der Waals surface area (Å²) >= 11 is 0. The average Bonchev–Trinajstić information content (AvgIpc) is 1.55. The second kappa shape index (κ2) is 23.2. The Hall–Kier alpha value is -12.6. The molecule has 488 valence electrons. The van der Waals surface area contributed by atoms with Crippen LogP contribution >= 0.6 is 0 Å². The van der Waals surface area contributed by atoms with Crippen molar-refractivity contribution in [3.63, 3.8) is 0 Å². The van der Waals surface area contributed by atoms with Gasteiger partial charge in [-0.15, -0.1) is 0 Å². The van der Waals surface area contributed by atoms with Crippen LogP contribution in [-0.4, -0.2) is 15.8 Å². The van der Waals surface area contributed by atoms with Crippen molar-refractivity contribution in [3.05, 3.63) is 356 Å². The Labute approximate surface area is 626 Å². The Morgan fingerprint density at radius 3 is 1.39 bits per heavy atom. The van der Waals surface area contributed by atoms with Gasteiger partial charge in [-0.25, -0.2) is 0 Å². The molecule has 5 nitrogen and oxygen atoms in total. The fraction of sp³-hybridized carbons (Fsp3) is 0.0722. The summed E-state index contributed by atoms with van der Waals surface area (Å²) in [7, 11) is 0. The summed E-state index contributed by atoms with van der Waals surface area (Å²) < 4.78 is 184. The van der Waals surface area contributed by atoms with E-state index in [1.54, 1.807) is 24.3 Å². The molecule has 0 atom stereocenters. The minimum Gasteiger partial charge on any atom is -0.458 e. The Morgan fingerprint density at radius 1 is 0.350 bits per heavy atom. The molecule has 0 amide bonds. The van der Waals surface area contributed by atoms with E-state index in [-0.39, 0.29) is 89.8 Å². The van der Waals surface area contributed by atoms with Gasteiger partial charge >= 0.3 is 0 Å². The minimum atomic E-state index is -1.03. The molecular formula is C97H71BN4O. The third-order valence-electron chi connectivity index (χ3n) is 21.0. The summed E-state index contributed by atoms with van der Waals surface area (Å²) in [6, 6.07) is 66.8. The molecule has 0 spiro atoms. The van der Waals surface area contributed by atoms with E-state index in [9.17, 15) is 16.4 Å². The van der Waals surface area contributed by atoms with Gasteiger partial charge in [0.05, 0.1) is 63.8 Å². The Balaban J connectivity index is 0.969. The van der Waals surface area contributed by atoms with Crippen molar-refractivity contribution in [2.24, 2.45) is 0 Å². The summed E-state index contributed by atoms with van der Waals surface area (Å²) in [5, 5.41) is -0.536. The highest BCUT2D eigenvalue weighted by molar-refractivity contribution is 6.99. The normalized spacial score (nSPS) is 15.8. The molecule has 0 radical (unpaired) electrons. The molecule has 0 saturated heterocycles. The lowest BCUT2D eigenvalue weighted by Crippen LogP contribution is -2.59. The van der Waals surface area contributed by atoms with Crippen LogP contribution in [0.2, 0.25) is 0 Å². The number of aromatic nitrogens is 2. The molecule has 5 heterocycles. The highest BCUT2D eigenvalue weighted by atomic mass is 16.5. The molecule has 103 heavy (non-hydrogen) atoms. The fourth-order valence-corrected chi connectivity index (χ4v) is 16.0. The standard InChI is InChI=1S/C97H71BN4O/c1-96(2,3)70-58-78(67-33-25-31-64(53-67)62-27-9-6-10-28-62)95(79(59-70)68-34-26-32-65(54-68)63-29-11-7-12-30-63)102-90-60-72(100-84-42-20-15-37-74(84)75-38-16-21-43-85(75)100)48-50-82(90)98-83-51-49-73(101-86-44-22-17-39-76(86)77-40-18-23-45-87(77)101)61-92(83)103-93-57-69(56-91(102)94(93)98)66-47-52-89-81(55-66)97(4,5)80-41-19-24-46-88(80)99(89)71-35-13-8-14-36-71/h6-61H,1-5H3/i15D,16D,17D,18D,20D,21D,22D,23D,37D,38D,39D,40D,42D,43D,44D,45D,56D,57D. The van der Waals surface area contributed by atoms with Gasteiger partial charge in [-0.2, -0.15) is 0 Å². The topological polar surface area (TPSA) is 25.6 Å².